The van der Waals surface area contributed by atoms with E-state index >= 15 is 0 Å². The van der Waals surface area contributed by atoms with Gasteiger partial charge in [0.15, 0.2) is 0 Å². The van der Waals surface area contributed by atoms with Crippen LogP contribution in [0, 0.1) is 5.41 Å². The van der Waals surface area contributed by atoms with Crippen LogP contribution < -0.4 is 5.73 Å². The van der Waals surface area contributed by atoms with Gasteiger partial charge in [0.1, 0.15) is 0 Å². The second-order valence-corrected chi connectivity index (χ2v) is 6.80. The second kappa shape index (κ2) is 5.87. The Morgan fingerprint density at radius 1 is 1.33 bits per heavy atom. The minimum atomic E-state index is 0.331. The van der Waals surface area contributed by atoms with Gasteiger partial charge in [-0.25, -0.2) is 0 Å². The first-order valence-corrected chi connectivity index (χ1v) is 7.24. The van der Waals surface area contributed by atoms with Crippen molar-refractivity contribution in [3.05, 3.63) is 0 Å². The molecule has 2 fully saturated rings. The van der Waals surface area contributed by atoms with Crippen LogP contribution in [-0.4, -0.2) is 68.3 Å². The molecule has 0 aromatic rings. The van der Waals surface area contributed by atoms with Gasteiger partial charge in [-0.2, -0.15) is 0 Å². The lowest BCUT2D eigenvalue weighted by Gasteiger charge is -2.31. The van der Waals surface area contributed by atoms with Crippen LogP contribution >= 0.6 is 0 Å². The molecule has 0 amide bonds. The van der Waals surface area contributed by atoms with Crippen molar-refractivity contribution < 1.29 is 4.74 Å². The van der Waals surface area contributed by atoms with Crippen molar-refractivity contribution >= 4 is 0 Å². The number of hydrogen-bond acceptors (Lipinski definition) is 4. The minimum absolute atomic E-state index is 0.331. The van der Waals surface area contributed by atoms with Gasteiger partial charge >= 0.3 is 0 Å². The molecule has 4 heteroatoms. The predicted molar refractivity (Wildman–Crippen MR) is 74.7 cm³/mol. The minimum Gasteiger partial charge on any atom is -0.377 e. The second-order valence-electron chi connectivity index (χ2n) is 6.80. The molecular weight excluding hydrogens is 226 g/mol. The highest BCUT2D eigenvalue weighted by Gasteiger charge is 2.33. The maximum absolute atomic E-state index is 5.92. The zero-order chi connectivity index (χ0) is 13.2. The molecule has 18 heavy (non-hydrogen) atoms. The van der Waals surface area contributed by atoms with Crippen molar-refractivity contribution in [1.82, 2.24) is 9.80 Å². The van der Waals surface area contributed by atoms with Gasteiger partial charge in [-0.05, 0) is 25.3 Å². The van der Waals surface area contributed by atoms with E-state index in [2.05, 4.69) is 30.7 Å². The normalized spacial score (nSPS) is 34.7. The molecule has 2 unspecified atom stereocenters. The summed E-state index contributed by atoms with van der Waals surface area (Å²) in [4.78, 5) is 4.99. The topological polar surface area (TPSA) is 41.7 Å². The maximum atomic E-state index is 5.92. The molecule has 2 N–H and O–H groups in total. The van der Waals surface area contributed by atoms with Gasteiger partial charge in [-0.15, -0.1) is 0 Å². The van der Waals surface area contributed by atoms with Gasteiger partial charge in [0.25, 0.3) is 0 Å². The summed E-state index contributed by atoms with van der Waals surface area (Å²) in [5, 5.41) is 0. The lowest BCUT2D eigenvalue weighted by atomic mass is 9.92. The molecular formula is C14H29N3O. The smallest absolute Gasteiger partial charge is 0.0702 e. The molecule has 106 valence electrons. The summed E-state index contributed by atoms with van der Waals surface area (Å²) in [6.07, 6.45) is 2.89. The molecule has 0 aromatic carbocycles. The molecule has 2 atom stereocenters. The number of rotatable bonds is 3. The number of hydrogen-bond donors (Lipinski definition) is 1. The monoisotopic (exact) mass is 255 g/mol. The quantitative estimate of drug-likeness (QED) is 0.809. The largest absolute Gasteiger partial charge is 0.377 e. The Kier molecular flexibility index (Phi) is 4.64. The molecule has 2 rings (SSSR count). The molecule has 2 aliphatic heterocycles. The van der Waals surface area contributed by atoms with Crippen LogP contribution in [0.5, 0.6) is 0 Å². The van der Waals surface area contributed by atoms with E-state index in [9.17, 15) is 0 Å². The van der Waals surface area contributed by atoms with E-state index in [0.717, 1.165) is 39.3 Å². The van der Waals surface area contributed by atoms with Crippen molar-refractivity contribution in [3.63, 3.8) is 0 Å². The van der Waals surface area contributed by atoms with Crippen molar-refractivity contribution in [3.8, 4) is 0 Å². The van der Waals surface area contributed by atoms with Crippen molar-refractivity contribution in [2.45, 2.75) is 38.8 Å². The van der Waals surface area contributed by atoms with E-state index in [0.29, 0.717) is 17.6 Å². The molecule has 2 heterocycles. The van der Waals surface area contributed by atoms with Crippen molar-refractivity contribution in [1.29, 1.82) is 0 Å². The maximum Gasteiger partial charge on any atom is 0.0702 e. The first-order chi connectivity index (χ1) is 8.50. The van der Waals surface area contributed by atoms with Crippen LogP contribution in [0.1, 0.15) is 26.7 Å². The Balaban J connectivity index is 1.98. The summed E-state index contributed by atoms with van der Waals surface area (Å²) in [6, 6.07) is 0.480. The SMILES string of the molecule is CN1CC(C)(C)CN(CC2CCCO2)CC1CN. The summed E-state index contributed by atoms with van der Waals surface area (Å²) in [5.74, 6) is 0. The highest BCUT2D eigenvalue weighted by molar-refractivity contribution is 4.88. The summed E-state index contributed by atoms with van der Waals surface area (Å²) >= 11 is 0. The molecule has 4 nitrogen and oxygen atoms in total. The average molecular weight is 255 g/mol. The Labute approximate surface area is 111 Å². The lowest BCUT2D eigenvalue weighted by Crippen LogP contribution is -2.45. The summed E-state index contributed by atoms with van der Waals surface area (Å²) < 4.78 is 5.77. The molecule has 0 bridgehead atoms. The fourth-order valence-corrected chi connectivity index (χ4v) is 3.43. The molecule has 2 saturated heterocycles. The first-order valence-electron chi connectivity index (χ1n) is 7.24. The summed E-state index contributed by atoms with van der Waals surface area (Å²) in [7, 11) is 2.20. The fraction of sp³-hybridized carbons (Fsp3) is 1.00. The third-order valence-electron chi connectivity index (χ3n) is 4.18. The van der Waals surface area contributed by atoms with Crippen LogP contribution in [-0.2, 0) is 4.74 Å². The number of likely N-dealkylation sites (N-methyl/N-ethyl adjacent to an activating group) is 1. The number of ether oxygens (including phenoxy) is 1. The Morgan fingerprint density at radius 2 is 2.11 bits per heavy atom. The zero-order valence-electron chi connectivity index (χ0n) is 12.2. The molecule has 0 spiro atoms. The van der Waals surface area contributed by atoms with E-state index in [-0.39, 0.29) is 0 Å². The van der Waals surface area contributed by atoms with Crippen molar-refractivity contribution in [2.24, 2.45) is 11.1 Å². The van der Waals surface area contributed by atoms with Crippen LogP contribution in [0.2, 0.25) is 0 Å². The highest BCUT2D eigenvalue weighted by atomic mass is 16.5. The van der Waals surface area contributed by atoms with Crippen LogP contribution in [0.3, 0.4) is 0 Å². The van der Waals surface area contributed by atoms with Crippen LogP contribution in [0.25, 0.3) is 0 Å². The van der Waals surface area contributed by atoms with Gasteiger partial charge < -0.3 is 15.4 Å². The highest BCUT2D eigenvalue weighted by Crippen LogP contribution is 2.24. The van der Waals surface area contributed by atoms with Gasteiger partial charge in [0.05, 0.1) is 6.10 Å². The Hall–Kier alpha value is -0.160. The van der Waals surface area contributed by atoms with E-state index in [1.807, 2.05) is 0 Å². The Bertz CT molecular complexity index is 264. The fourth-order valence-electron chi connectivity index (χ4n) is 3.43. The molecule has 0 aromatic heterocycles. The molecule has 0 aliphatic carbocycles. The van der Waals surface area contributed by atoms with Gasteiger partial charge in [0, 0.05) is 45.4 Å². The standard InChI is InChI=1S/C14H29N3O/c1-14(2)10-16(3)12(7-15)8-17(11-14)9-13-5-4-6-18-13/h12-13H,4-11,15H2,1-3H3. The number of nitrogens with zero attached hydrogens (tertiary/aromatic N) is 2. The lowest BCUT2D eigenvalue weighted by molar-refractivity contribution is 0.0632. The predicted octanol–water partition coefficient (Wildman–Crippen LogP) is 0.766. The van der Waals surface area contributed by atoms with E-state index in [4.69, 9.17) is 10.5 Å². The third kappa shape index (κ3) is 3.67. The summed E-state index contributed by atoms with van der Waals surface area (Å²) in [6.45, 7) is 10.8. The van der Waals surface area contributed by atoms with Gasteiger partial charge in [0.2, 0.25) is 0 Å². The zero-order valence-corrected chi connectivity index (χ0v) is 12.2. The summed E-state index contributed by atoms with van der Waals surface area (Å²) in [5.41, 5.74) is 6.25. The van der Waals surface area contributed by atoms with Gasteiger partial charge in [-0.3, -0.25) is 4.90 Å². The Morgan fingerprint density at radius 3 is 2.72 bits per heavy atom. The average Bonchev–Trinajstić information content (AvgIpc) is 2.72. The van der Waals surface area contributed by atoms with Crippen LogP contribution in [0.15, 0.2) is 0 Å². The molecule has 0 saturated carbocycles. The molecule has 2 aliphatic rings. The molecule has 0 radical (unpaired) electrons. The first kappa shape index (κ1) is 14.3. The third-order valence-corrected chi connectivity index (χ3v) is 4.18. The van der Waals surface area contributed by atoms with Crippen molar-refractivity contribution in [2.75, 3.05) is 46.4 Å². The number of nitrogens with two attached hydrogens (primary N) is 1. The van der Waals surface area contributed by atoms with E-state index in [1.165, 1.54) is 12.8 Å². The van der Waals surface area contributed by atoms with E-state index in [1.54, 1.807) is 0 Å². The van der Waals surface area contributed by atoms with Gasteiger partial charge in [-0.1, -0.05) is 13.8 Å². The van der Waals surface area contributed by atoms with Crippen LogP contribution in [0.4, 0.5) is 0 Å². The van der Waals surface area contributed by atoms with E-state index < -0.39 is 0 Å².